The average molecular weight is 227 g/mol. The summed E-state index contributed by atoms with van der Waals surface area (Å²) in [5.74, 6) is 0.953. The summed E-state index contributed by atoms with van der Waals surface area (Å²) in [5, 5.41) is 3.53. The minimum atomic E-state index is 0.702. The Morgan fingerprint density at radius 2 is 1.88 bits per heavy atom. The SMILES string of the molecule is CCCCCCCOCCNC(C)C1CC1. The predicted molar refractivity (Wildman–Crippen MR) is 69.8 cm³/mol. The van der Waals surface area contributed by atoms with Crippen LogP contribution in [0.2, 0.25) is 0 Å². The van der Waals surface area contributed by atoms with Gasteiger partial charge in [0.25, 0.3) is 0 Å². The number of rotatable bonds is 11. The third-order valence-electron chi connectivity index (χ3n) is 3.43. The van der Waals surface area contributed by atoms with Crippen molar-refractivity contribution < 1.29 is 4.74 Å². The first kappa shape index (κ1) is 14.0. The van der Waals surface area contributed by atoms with Crippen LogP contribution in [0.1, 0.15) is 58.8 Å². The summed E-state index contributed by atoms with van der Waals surface area (Å²) in [4.78, 5) is 0. The van der Waals surface area contributed by atoms with Gasteiger partial charge in [0.2, 0.25) is 0 Å². The van der Waals surface area contributed by atoms with Crippen molar-refractivity contribution in [2.75, 3.05) is 19.8 Å². The monoisotopic (exact) mass is 227 g/mol. The Bertz CT molecular complexity index is 157. The summed E-state index contributed by atoms with van der Waals surface area (Å²) < 4.78 is 5.60. The summed E-state index contributed by atoms with van der Waals surface area (Å²) >= 11 is 0. The Morgan fingerprint density at radius 1 is 1.12 bits per heavy atom. The average Bonchev–Trinajstić information content (AvgIpc) is 3.10. The fraction of sp³-hybridized carbons (Fsp3) is 1.00. The Morgan fingerprint density at radius 3 is 2.56 bits per heavy atom. The van der Waals surface area contributed by atoms with Crippen molar-refractivity contribution in [3.63, 3.8) is 0 Å². The van der Waals surface area contributed by atoms with Crippen LogP contribution < -0.4 is 5.32 Å². The zero-order chi connectivity index (χ0) is 11.6. The van der Waals surface area contributed by atoms with Crippen molar-refractivity contribution in [1.82, 2.24) is 5.32 Å². The van der Waals surface area contributed by atoms with E-state index in [0.717, 1.165) is 25.7 Å². The largest absolute Gasteiger partial charge is 0.380 e. The third-order valence-corrected chi connectivity index (χ3v) is 3.43. The molecule has 1 aliphatic carbocycles. The molecule has 1 atom stereocenters. The maximum Gasteiger partial charge on any atom is 0.0590 e. The van der Waals surface area contributed by atoms with E-state index < -0.39 is 0 Å². The molecule has 96 valence electrons. The van der Waals surface area contributed by atoms with Gasteiger partial charge in [-0.15, -0.1) is 0 Å². The molecule has 1 unspecified atom stereocenters. The molecule has 1 saturated carbocycles. The Hall–Kier alpha value is -0.0800. The zero-order valence-corrected chi connectivity index (χ0v) is 11.1. The van der Waals surface area contributed by atoms with Crippen molar-refractivity contribution in [2.45, 2.75) is 64.8 Å². The van der Waals surface area contributed by atoms with Gasteiger partial charge in [-0.05, 0) is 32.1 Å². The summed E-state index contributed by atoms with van der Waals surface area (Å²) in [5.41, 5.74) is 0. The first-order valence-electron chi connectivity index (χ1n) is 7.15. The van der Waals surface area contributed by atoms with E-state index >= 15 is 0 Å². The van der Waals surface area contributed by atoms with Crippen molar-refractivity contribution in [3.8, 4) is 0 Å². The first-order chi connectivity index (χ1) is 7.84. The van der Waals surface area contributed by atoms with Gasteiger partial charge >= 0.3 is 0 Å². The molecule has 1 aliphatic rings. The predicted octanol–water partition coefficient (Wildman–Crippen LogP) is 3.36. The Kier molecular flexibility index (Phi) is 7.87. The van der Waals surface area contributed by atoms with Gasteiger partial charge in [0.05, 0.1) is 6.61 Å². The van der Waals surface area contributed by atoms with Crippen LogP contribution in [-0.2, 0) is 4.74 Å². The molecule has 0 saturated heterocycles. The molecule has 0 heterocycles. The van der Waals surface area contributed by atoms with E-state index in [-0.39, 0.29) is 0 Å². The van der Waals surface area contributed by atoms with Crippen molar-refractivity contribution >= 4 is 0 Å². The quantitative estimate of drug-likeness (QED) is 0.546. The maximum absolute atomic E-state index is 5.60. The molecule has 1 fully saturated rings. The van der Waals surface area contributed by atoms with E-state index in [4.69, 9.17) is 4.74 Å². The van der Waals surface area contributed by atoms with E-state index in [0.29, 0.717) is 6.04 Å². The molecule has 16 heavy (non-hydrogen) atoms. The van der Waals surface area contributed by atoms with E-state index in [2.05, 4.69) is 19.2 Å². The van der Waals surface area contributed by atoms with Gasteiger partial charge in [-0.25, -0.2) is 0 Å². The second-order valence-electron chi connectivity index (χ2n) is 5.11. The zero-order valence-electron chi connectivity index (χ0n) is 11.1. The Balaban J connectivity index is 1.71. The second kappa shape index (κ2) is 9.00. The lowest BCUT2D eigenvalue weighted by Crippen LogP contribution is -2.31. The van der Waals surface area contributed by atoms with E-state index in [9.17, 15) is 0 Å². The normalized spacial score (nSPS) is 17.6. The van der Waals surface area contributed by atoms with Crippen LogP contribution in [0.3, 0.4) is 0 Å². The molecule has 0 radical (unpaired) electrons. The van der Waals surface area contributed by atoms with Crippen LogP contribution in [0.25, 0.3) is 0 Å². The molecule has 0 spiro atoms. The third kappa shape index (κ3) is 7.24. The molecule has 0 aromatic rings. The maximum atomic E-state index is 5.60. The highest BCUT2D eigenvalue weighted by Gasteiger charge is 2.26. The standard InChI is InChI=1S/C14H29NO/c1-3-4-5-6-7-11-16-12-10-15-13(2)14-8-9-14/h13-15H,3-12H2,1-2H3. The van der Waals surface area contributed by atoms with E-state index in [1.54, 1.807) is 0 Å². The summed E-state index contributed by atoms with van der Waals surface area (Å²) in [6.07, 6.45) is 9.48. The molecule has 0 aromatic carbocycles. The highest BCUT2D eigenvalue weighted by molar-refractivity contribution is 4.82. The minimum absolute atomic E-state index is 0.702. The minimum Gasteiger partial charge on any atom is -0.380 e. The number of nitrogens with one attached hydrogen (secondary N) is 1. The van der Waals surface area contributed by atoms with Crippen molar-refractivity contribution in [1.29, 1.82) is 0 Å². The molecule has 1 rings (SSSR count). The molecule has 0 aromatic heterocycles. The molecular weight excluding hydrogens is 198 g/mol. The van der Waals surface area contributed by atoms with Gasteiger partial charge in [0, 0.05) is 19.2 Å². The highest BCUT2D eigenvalue weighted by Crippen LogP contribution is 2.32. The molecule has 2 nitrogen and oxygen atoms in total. The van der Waals surface area contributed by atoms with Crippen LogP contribution >= 0.6 is 0 Å². The number of hydrogen-bond donors (Lipinski definition) is 1. The molecule has 0 amide bonds. The topological polar surface area (TPSA) is 21.3 Å². The van der Waals surface area contributed by atoms with Crippen LogP contribution in [-0.4, -0.2) is 25.8 Å². The van der Waals surface area contributed by atoms with Gasteiger partial charge in [0.15, 0.2) is 0 Å². The number of hydrogen-bond acceptors (Lipinski definition) is 2. The van der Waals surface area contributed by atoms with Crippen molar-refractivity contribution in [2.24, 2.45) is 5.92 Å². The summed E-state index contributed by atoms with van der Waals surface area (Å²) in [6.45, 7) is 7.40. The second-order valence-corrected chi connectivity index (χ2v) is 5.11. The van der Waals surface area contributed by atoms with E-state index in [1.165, 1.54) is 44.9 Å². The summed E-state index contributed by atoms with van der Waals surface area (Å²) in [6, 6.07) is 0.702. The first-order valence-corrected chi connectivity index (χ1v) is 7.15. The lowest BCUT2D eigenvalue weighted by atomic mass is 10.2. The van der Waals surface area contributed by atoms with Gasteiger partial charge in [-0.1, -0.05) is 32.6 Å². The lowest BCUT2D eigenvalue weighted by Gasteiger charge is -2.12. The van der Waals surface area contributed by atoms with Gasteiger partial charge in [0.1, 0.15) is 0 Å². The van der Waals surface area contributed by atoms with Gasteiger partial charge in [-0.2, -0.15) is 0 Å². The Labute approximate surface area is 101 Å². The number of ether oxygens (including phenoxy) is 1. The van der Waals surface area contributed by atoms with Crippen molar-refractivity contribution in [3.05, 3.63) is 0 Å². The fourth-order valence-corrected chi connectivity index (χ4v) is 2.03. The molecular formula is C14H29NO. The van der Waals surface area contributed by atoms with Crippen LogP contribution in [0, 0.1) is 5.92 Å². The van der Waals surface area contributed by atoms with Crippen LogP contribution in [0.15, 0.2) is 0 Å². The smallest absolute Gasteiger partial charge is 0.0590 e. The lowest BCUT2D eigenvalue weighted by molar-refractivity contribution is 0.129. The molecule has 2 heteroatoms. The van der Waals surface area contributed by atoms with Crippen LogP contribution in [0.5, 0.6) is 0 Å². The molecule has 0 aliphatic heterocycles. The summed E-state index contributed by atoms with van der Waals surface area (Å²) in [7, 11) is 0. The van der Waals surface area contributed by atoms with Gasteiger partial charge in [-0.3, -0.25) is 0 Å². The molecule has 0 bridgehead atoms. The fourth-order valence-electron chi connectivity index (χ4n) is 2.03. The number of unbranched alkanes of at least 4 members (excludes halogenated alkanes) is 4. The van der Waals surface area contributed by atoms with E-state index in [1.807, 2.05) is 0 Å². The molecule has 1 N–H and O–H groups in total. The highest BCUT2D eigenvalue weighted by atomic mass is 16.5. The van der Waals surface area contributed by atoms with Crippen LogP contribution in [0.4, 0.5) is 0 Å². The van der Waals surface area contributed by atoms with Gasteiger partial charge < -0.3 is 10.1 Å².